The van der Waals surface area contributed by atoms with E-state index in [-0.39, 0.29) is 11.9 Å². The largest absolute Gasteiger partial charge is 0.368 e. The smallest absolute Gasteiger partial charge is 0.234 e. The van der Waals surface area contributed by atoms with Gasteiger partial charge in [0.15, 0.2) is 0 Å². The van der Waals surface area contributed by atoms with Gasteiger partial charge in [-0.25, -0.2) is 0 Å². The summed E-state index contributed by atoms with van der Waals surface area (Å²) in [5.41, 5.74) is 6.44. The van der Waals surface area contributed by atoms with Crippen LogP contribution in [-0.2, 0) is 11.2 Å². The monoisotopic (exact) mass is 192 g/mol. The molecule has 1 rings (SSSR count). The van der Waals surface area contributed by atoms with Crippen molar-refractivity contribution in [3.8, 4) is 0 Å². The lowest BCUT2D eigenvalue weighted by Crippen LogP contribution is -2.39. The van der Waals surface area contributed by atoms with E-state index in [1.54, 1.807) is 7.05 Å². The topological polar surface area (TPSA) is 55.1 Å². The van der Waals surface area contributed by atoms with Gasteiger partial charge in [0.1, 0.15) is 0 Å². The van der Waals surface area contributed by atoms with Crippen molar-refractivity contribution >= 4 is 5.91 Å². The second-order valence-corrected chi connectivity index (χ2v) is 3.27. The molecule has 0 aliphatic carbocycles. The van der Waals surface area contributed by atoms with E-state index in [1.165, 1.54) is 5.56 Å². The Morgan fingerprint density at radius 1 is 1.43 bits per heavy atom. The zero-order chi connectivity index (χ0) is 10.4. The number of nitrogens with two attached hydrogens (primary N) is 1. The molecule has 0 aliphatic rings. The van der Waals surface area contributed by atoms with Crippen molar-refractivity contribution in [2.75, 3.05) is 7.05 Å². The van der Waals surface area contributed by atoms with E-state index in [4.69, 9.17) is 5.73 Å². The molecule has 3 N–H and O–H groups in total. The molecule has 0 fully saturated rings. The summed E-state index contributed by atoms with van der Waals surface area (Å²) in [6.07, 6.45) is 1.62. The molecule has 0 aliphatic heterocycles. The molecule has 76 valence electrons. The highest BCUT2D eigenvalue weighted by atomic mass is 16.1. The van der Waals surface area contributed by atoms with Crippen molar-refractivity contribution in [1.29, 1.82) is 0 Å². The Labute approximate surface area is 84.3 Å². The molecule has 0 heterocycles. The molecule has 0 saturated heterocycles. The van der Waals surface area contributed by atoms with Crippen LogP contribution in [0, 0.1) is 0 Å². The average molecular weight is 192 g/mol. The zero-order valence-corrected chi connectivity index (χ0v) is 8.36. The molecule has 1 aromatic rings. The Kier molecular flexibility index (Phi) is 4.13. The number of hydrogen-bond acceptors (Lipinski definition) is 2. The van der Waals surface area contributed by atoms with Gasteiger partial charge in [-0.3, -0.25) is 4.79 Å². The molecule has 0 aromatic heterocycles. The molecule has 1 amide bonds. The first-order valence-electron chi connectivity index (χ1n) is 4.74. The number of amides is 1. The predicted octanol–water partition coefficient (Wildman–Crippen LogP) is 0.693. The fourth-order valence-electron chi connectivity index (χ4n) is 1.38. The first kappa shape index (κ1) is 10.7. The van der Waals surface area contributed by atoms with Gasteiger partial charge in [-0.15, -0.1) is 0 Å². The minimum atomic E-state index is -0.288. The number of benzene rings is 1. The van der Waals surface area contributed by atoms with Gasteiger partial charge in [-0.05, 0) is 25.5 Å². The summed E-state index contributed by atoms with van der Waals surface area (Å²) in [6.45, 7) is 0. The molecule has 0 bridgehead atoms. The van der Waals surface area contributed by atoms with Crippen LogP contribution in [0.25, 0.3) is 0 Å². The third-order valence-electron chi connectivity index (χ3n) is 2.26. The molecule has 0 saturated carbocycles. The SMILES string of the molecule is CN[C@H](CCc1ccccc1)C(N)=O. The Hall–Kier alpha value is -1.35. The standard InChI is InChI=1S/C11H16N2O/c1-13-10(11(12)14)8-7-9-5-3-2-4-6-9/h2-6,10,13H,7-8H2,1H3,(H2,12,14)/t10-/m1/s1. The van der Waals surface area contributed by atoms with E-state index in [0.29, 0.717) is 0 Å². The highest BCUT2D eigenvalue weighted by Crippen LogP contribution is 2.04. The summed E-state index contributed by atoms with van der Waals surface area (Å²) >= 11 is 0. The van der Waals surface area contributed by atoms with Crippen LogP contribution in [0.15, 0.2) is 30.3 Å². The predicted molar refractivity (Wildman–Crippen MR) is 56.8 cm³/mol. The van der Waals surface area contributed by atoms with E-state index in [2.05, 4.69) is 5.32 Å². The third-order valence-corrected chi connectivity index (χ3v) is 2.26. The van der Waals surface area contributed by atoms with Gasteiger partial charge in [0.05, 0.1) is 6.04 Å². The van der Waals surface area contributed by atoms with Crippen LogP contribution in [-0.4, -0.2) is 19.0 Å². The van der Waals surface area contributed by atoms with Gasteiger partial charge >= 0.3 is 0 Å². The summed E-state index contributed by atoms with van der Waals surface area (Å²) in [6, 6.07) is 9.84. The van der Waals surface area contributed by atoms with Crippen LogP contribution in [0.4, 0.5) is 0 Å². The lowest BCUT2D eigenvalue weighted by Gasteiger charge is -2.11. The number of rotatable bonds is 5. The Morgan fingerprint density at radius 2 is 2.07 bits per heavy atom. The lowest BCUT2D eigenvalue weighted by molar-refractivity contribution is -0.120. The number of carbonyl (C=O) groups excluding carboxylic acids is 1. The summed E-state index contributed by atoms with van der Waals surface area (Å²) in [5.74, 6) is -0.288. The van der Waals surface area contributed by atoms with Crippen LogP contribution in [0.3, 0.4) is 0 Å². The van der Waals surface area contributed by atoms with Crippen molar-refractivity contribution < 1.29 is 4.79 Å². The van der Waals surface area contributed by atoms with Gasteiger partial charge in [0.25, 0.3) is 0 Å². The molecule has 1 aromatic carbocycles. The molecule has 3 heteroatoms. The third kappa shape index (κ3) is 3.18. The van der Waals surface area contributed by atoms with Crippen molar-refractivity contribution in [3.63, 3.8) is 0 Å². The van der Waals surface area contributed by atoms with Crippen molar-refractivity contribution in [1.82, 2.24) is 5.32 Å². The molecule has 0 radical (unpaired) electrons. The maximum Gasteiger partial charge on any atom is 0.234 e. The van der Waals surface area contributed by atoms with Gasteiger partial charge < -0.3 is 11.1 Å². The normalized spacial score (nSPS) is 12.4. The fourth-order valence-corrected chi connectivity index (χ4v) is 1.38. The van der Waals surface area contributed by atoms with Crippen molar-refractivity contribution in [2.24, 2.45) is 5.73 Å². The molecule has 3 nitrogen and oxygen atoms in total. The van der Waals surface area contributed by atoms with E-state index in [1.807, 2.05) is 30.3 Å². The van der Waals surface area contributed by atoms with Gasteiger partial charge in [0.2, 0.25) is 5.91 Å². The van der Waals surface area contributed by atoms with Gasteiger partial charge in [0, 0.05) is 0 Å². The van der Waals surface area contributed by atoms with Crippen molar-refractivity contribution in [2.45, 2.75) is 18.9 Å². The Balaban J connectivity index is 2.44. The molecular weight excluding hydrogens is 176 g/mol. The van der Waals surface area contributed by atoms with Crippen LogP contribution in [0.1, 0.15) is 12.0 Å². The molecule has 0 unspecified atom stereocenters. The lowest BCUT2D eigenvalue weighted by atomic mass is 10.1. The number of primary amides is 1. The Bertz CT molecular complexity index is 285. The molecular formula is C11H16N2O. The van der Waals surface area contributed by atoms with E-state index in [0.717, 1.165) is 12.8 Å². The quantitative estimate of drug-likeness (QED) is 0.721. The van der Waals surface area contributed by atoms with E-state index < -0.39 is 0 Å². The van der Waals surface area contributed by atoms with Crippen LogP contribution < -0.4 is 11.1 Å². The van der Waals surface area contributed by atoms with Crippen LogP contribution in [0.5, 0.6) is 0 Å². The minimum absolute atomic E-state index is 0.227. The fraction of sp³-hybridized carbons (Fsp3) is 0.364. The Morgan fingerprint density at radius 3 is 2.57 bits per heavy atom. The van der Waals surface area contributed by atoms with Gasteiger partial charge in [-0.2, -0.15) is 0 Å². The summed E-state index contributed by atoms with van der Waals surface area (Å²) in [4.78, 5) is 10.9. The number of nitrogens with one attached hydrogen (secondary N) is 1. The highest BCUT2D eigenvalue weighted by molar-refractivity contribution is 5.79. The first-order valence-corrected chi connectivity index (χ1v) is 4.74. The number of hydrogen-bond donors (Lipinski definition) is 2. The highest BCUT2D eigenvalue weighted by Gasteiger charge is 2.11. The molecule has 0 spiro atoms. The molecule has 14 heavy (non-hydrogen) atoms. The molecule has 1 atom stereocenters. The maximum absolute atomic E-state index is 10.9. The number of carbonyl (C=O) groups is 1. The van der Waals surface area contributed by atoms with E-state index >= 15 is 0 Å². The summed E-state index contributed by atoms with van der Waals surface area (Å²) in [7, 11) is 1.75. The van der Waals surface area contributed by atoms with E-state index in [9.17, 15) is 4.79 Å². The minimum Gasteiger partial charge on any atom is -0.368 e. The first-order chi connectivity index (χ1) is 6.74. The average Bonchev–Trinajstić information content (AvgIpc) is 2.20. The second kappa shape index (κ2) is 5.40. The summed E-state index contributed by atoms with van der Waals surface area (Å²) in [5, 5.41) is 2.90. The second-order valence-electron chi connectivity index (χ2n) is 3.27. The van der Waals surface area contributed by atoms with Crippen LogP contribution >= 0.6 is 0 Å². The number of aryl methyl sites for hydroxylation is 1. The zero-order valence-electron chi connectivity index (χ0n) is 8.36. The summed E-state index contributed by atoms with van der Waals surface area (Å²) < 4.78 is 0. The maximum atomic E-state index is 10.9. The van der Waals surface area contributed by atoms with Crippen molar-refractivity contribution in [3.05, 3.63) is 35.9 Å². The number of likely N-dealkylation sites (N-methyl/N-ethyl adjacent to an activating group) is 1. The van der Waals surface area contributed by atoms with Gasteiger partial charge in [-0.1, -0.05) is 30.3 Å². The van der Waals surface area contributed by atoms with Crippen LogP contribution in [0.2, 0.25) is 0 Å².